The van der Waals surface area contributed by atoms with E-state index < -0.39 is 23.7 Å². The topological polar surface area (TPSA) is 83.5 Å². The maximum absolute atomic E-state index is 11.1. The van der Waals surface area contributed by atoms with Crippen molar-refractivity contribution in [1.29, 1.82) is 0 Å². The zero-order valence-corrected chi connectivity index (χ0v) is 9.34. The lowest BCUT2D eigenvalue weighted by molar-refractivity contribution is -0.143. The maximum Gasteiger partial charge on any atom is 0.326 e. The van der Waals surface area contributed by atoms with Crippen LogP contribution in [0.25, 0.3) is 0 Å². The Morgan fingerprint density at radius 1 is 1.24 bits per heavy atom. The standard InChI is InChI=1S/C12H13NO4/c1-8(14)11(15)13-10(12(16)17)7-9-5-3-2-4-6-9/h2-6,10H,7H2,1H3,(H,13,15)(H,16,17)/t10-/m0/s1. The van der Waals surface area contributed by atoms with E-state index in [0.717, 1.165) is 12.5 Å². The first-order valence-electron chi connectivity index (χ1n) is 5.09. The minimum absolute atomic E-state index is 0.148. The fourth-order valence-electron chi connectivity index (χ4n) is 1.31. The summed E-state index contributed by atoms with van der Waals surface area (Å²) in [5.74, 6) is -2.75. The minimum atomic E-state index is -1.16. The summed E-state index contributed by atoms with van der Waals surface area (Å²) < 4.78 is 0. The summed E-state index contributed by atoms with van der Waals surface area (Å²) in [6, 6.07) is 7.80. The number of aliphatic carboxylic acids is 1. The molecule has 5 nitrogen and oxygen atoms in total. The predicted octanol–water partition coefficient (Wildman–Crippen LogP) is 0.387. The van der Waals surface area contributed by atoms with E-state index in [9.17, 15) is 14.4 Å². The molecule has 17 heavy (non-hydrogen) atoms. The predicted molar refractivity (Wildman–Crippen MR) is 60.4 cm³/mol. The number of carboxylic acids is 1. The third kappa shape index (κ3) is 4.06. The van der Waals surface area contributed by atoms with Crippen LogP contribution in [0.15, 0.2) is 30.3 Å². The molecule has 0 saturated heterocycles. The third-order valence-corrected chi connectivity index (χ3v) is 2.21. The van der Waals surface area contributed by atoms with Crippen LogP contribution in [-0.2, 0) is 20.8 Å². The number of amides is 1. The molecule has 0 unspecified atom stereocenters. The molecule has 0 saturated carbocycles. The van der Waals surface area contributed by atoms with Gasteiger partial charge in [0.25, 0.3) is 5.91 Å². The van der Waals surface area contributed by atoms with E-state index >= 15 is 0 Å². The van der Waals surface area contributed by atoms with Crippen LogP contribution in [0, 0.1) is 0 Å². The number of carbonyl (C=O) groups excluding carboxylic acids is 2. The number of rotatable bonds is 5. The Labute approximate surface area is 98.4 Å². The molecule has 1 aromatic carbocycles. The van der Waals surface area contributed by atoms with Gasteiger partial charge in [0, 0.05) is 13.3 Å². The van der Waals surface area contributed by atoms with Crippen LogP contribution in [0.1, 0.15) is 12.5 Å². The minimum Gasteiger partial charge on any atom is -0.480 e. The van der Waals surface area contributed by atoms with E-state index in [1.165, 1.54) is 0 Å². The summed E-state index contributed by atoms with van der Waals surface area (Å²) in [5.41, 5.74) is 0.781. The van der Waals surface area contributed by atoms with Crippen molar-refractivity contribution < 1.29 is 19.5 Å². The Morgan fingerprint density at radius 2 is 1.82 bits per heavy atom. The van der Waals surface area contributed by atoms with Crippen LogP contribution in [0.3, 0.4) is 0 Å². The van der Waals surface area contributed by atoms with Crippen molar-refractivity contribution in [3.8, 4) is 0 Å². The largest absolute Gasteiger partial charge is 0.480 e. The Kier molecular flexibility index (Phi) is 4.39. The summed E-state index contributed by atoms with van der Waals surface area (Å²) in [4.78, 5) is 32.8. The highest BCUT2D eigenvalue weighted by Gasteiger charge is 2.21. The molecule has 90 valence electrons. The van der Waals surface area contributed by atoms with Gasteiger partial charge in [0.1, 0.15) is 6.04 Å². The monoisotopic (exact) mass is 235 g/mol. The van der Waals surface area contributed by atoms with Crippen molar-refractivity contribution in [2.75, 3.05) is 0 Å². The molecule has 0 aliphatic carbocycles. The van der Waals surface area contributed by atoms with Crippen molar-refractivity contribution in [1.82, 2.24) is 5.32 Å². The molecule has 0 aliphatic heterocycles. The molecule has 1 amide bonds. The lowest BCUT2D eigenvalue weighted by Crippen LogP contribution is -2.44. The van der Waals surface area contributed by atoms with Crippen LogP contribution < -0.4 is 5.32 Å². The second-order valence-electron chi connectivity index (χ2n) is 3.61. The van der Waals surface area contributed by atoms with Gasteiger partial charge in [0.15, 0.2) is 0 Å². The number of nitrogens with one attached hydrogen (secondary N) is 1. The molecule has 0 spiro atoms. The Bertz CT molecular complexity index is 427. The van der Waals surface area contributed by atoms with Crippen LogP contribution in [0.4, 0.5) is 0 Å². The van der Waals surface area contributed by atoms with Crippen LogP contribution in [0.2, 0.25) is 0 Å². The van der Waals surface area contributed by atoms with Gasteiger partial charge in [0.2, 0.25) is 5.78 Å². The average molecular weight is 235 g/mol. The van der Waals surface area contributed by atoms with Gasteiger partial charge in [-0.2, -0.15) is 0 Å². The lowest BCUT2D eigenvalue weighted by atomic mass is 10.1. The second kappa shape index (κ2) is 5.79. The van der Waals surface area contributed by atoms with E-state index in [4.69, 9.17) is 5.11 Å². The van der Waals surface area contributed by atoms with E-state index in [2.05, 4.69) is 5.32 Å². The molecule has 0 radical (unpaired) electrons. The average Bonchev–Trinajstić information content (AvgIpc) is 2.29. The molecule has 1 rings (SSSR count). The molecular weight excluding hydrogens is 222 g/mol. The van der Waals surface area contributed by atoms with E-state index in [1.54, 1.807) is 24.3 Å². The van der Waals surface area contributed by atoms with Gasteiger partial charge in [-0.05, 0) is 5.56 Å². The highest BCUT2D eigenvalue weighted by Crippen LogP contribution is 2.03. The first kappa shape index (κ1) is 12.9. The van der Waals surface area contributed by atoms with Crippen molar-refractivity contribution in [3.05, 3.63) is 35.9 Å². The maximum atomic E-state index is 11.1. The van der Waals surface area contributed by atoms with Crippen LogP contribution in [-0.4, -0.2) is 28.8 Å². The Hall–Kier alpha value is -2.17. The van der Waals surface area contributed by atoms with Crippen LogP contribution in [0.5, 0.6) is 0 Å². The van der Waals surface area contributed by atoms with Crippen LogP contribution >= 0.6 is 0 Å². The lowest BCUT2D eigenvalue weighted by Gasteiger charge is -2.13. The molecule has 0 aliphatic rings. The van der Waals surface area contributed by atoms with Crippen molar-refractivity contribution in [2.45, 2.75) is 19.4 Å². The highest BCUT2D eigenvalue weighted by molar-refractivity contribution is 6.35. The second-order valence-corrected chi connectivity index (χ2v) is 3.61. The molecule has 0 heterocycles. The van der Waals surface area contributed by atoms with Gasteiger partial charge < -0.3 is 10.4 Å². The van der Waals surface area contributed by atoms with Gasteiger partial charge in [-0.15, -0.1) is 0 Å². The molecule has 0 bridgehead atoms. The van der Waals surface area contributed by atoms with Gasteiger partial charge in [0.05, 0.1) is 0 Å². The van der Waals surface area contributed by atoms with Gasteiger partial charge in [-0.3, -0.25) is 9.59 Å². The number of hydrogen-bond donors (Lipinski definition) is 2. The normalized spacial score (nSPS) is 11.6. The molecule has 5 heteroatoms. The third-order valence-electron chi connectivity index (χ3n) is 2.21. The molecule has 2 N–H and O–H groups in total. The Balaban J connectivity index is 2.71. The number of ketones is 1. The number of benzene rings is 1. The van der Waals surface area contributed by atoms with Gasteiger partial charge in [-0.1, -0.05) is 30.3 Å². The van der Waals surface area contributed by atoms with E-state index in [0.29, 0.717) is 0 Å². The number of carboxylic acid groups (broad SMARTS) is 1. The highest BCUT2D eigenvalue weighted by atomic mass is 16.4. The number of carbonyl (C=O) groups is 3. The number of Topliss-reactive ketones (excluding diaryl/α,β-unsaturated/α-hetero) is 1. The zero-order chi connectivity index (χ0) is 12.8. The van der Waals surface area contributed by atoms with Crippen molar-refractivity contribution >= 4 is 17.7 Å². The zero-order valence-electron chi connectivity index (χ0n) is 9.34. The molecule has 1 atom stereocenters. The summed E-state index contributed by atoms with van der Waals surface area (Å²) in [7, 11) is 0. The first-order chi connectivity index (χ1) is 8.00. The molecular formula is C12H13NO4. The van der Waals surface area contributed by atoms with Crippen molar-refractivity contribution in [2.24, 2.45) is 0 Å². The molecule has 1 aromatic rings. The summed E-state index contributed by atoms with van der Waals surface area (Å²) in [6.45, 7) is 1.09. The summed E-state index contributed by atoms with van der Waals surface area (Å²) >= 11 is 0. The quantitative estimate of drug-likeness (QED) is 0.723. The van der Waals surface area contributed by atoms with Crippen molar-refractivity contribution in [3.63, 3.8) is 0 Å². The summed E-state index contributed by atoms with van der Waals surface area (Å²) in [5, 5.41) is 11.1. The first-order valence-corrected chi connectivity index (χ1v) is 5.09. The SMILES string of the molecule is CC(=O)C(=O)N[C@@H](Cc1ccccc1)C(=O)O. The fraction of sp³-hybridized carbons (Fsp3) is 0.250. The smallest absolute Gasteiger partial charge is 0.326 e. The molecule has 0 aromatic heterocycles. The van der Waals surface area contributed by atoms with Gasteiger partial charge >= 0.3 is 5.97 Å². The van der Waals surface area contributed by atoms with E-state index in [1.807, 2.05) is 6.07 Å². The Morgan fingerprint density at radius 3 is 2.29 bits per heavy atom. The van der Waals surface area contributed by atoms with E-state index in [-0.39, 0.29) is 6.42 Å². The fourth-order valence-corrected chi connectivity index (χ4v) is 1.31. The number of hydrogen-bond acceptors (Lipinski definition) is 3. The molecule has 0 fully saturated rings. The summed E-state index contributed by atoms with van der Waals surface area (Å²) in [6.07, 6.45) is 0.148. The van der Waals surface area contributed by atoms with Gasteiger partial charge in [-0.25, -0.2) is 4.79 Å².